The minimum Gasteiger partial charge on any atom is -0.494 e. The molecule has 0 aliphatic carbocycles. The number of carboxylic acid groups (broad SMARTS) is 1. The van der Waals surface area contributed by atoms with Gasteiger partial charge in [-0.05, 0) is 42.8 Å². The van der Waals surface area contributed by atoms with E-state index in [1.807, 2.05) is 18.2 Å². The highest BCUT2D eigenvalue weighted by molar-refractivity contribution is 7.99. The molecule has 0 saturated heterocycles. The Hall–Kier alpha value is -1.94. The number of thioether (sulfide) groups is 1. The molecule has 0 aliphatic rings. The fourth-order valence-corrected chi connectivity index (χ4v) is 2.50. The summed E-state index contributed by atoms with van der Waals surface area (Å²) in [5, 5.41) is 8.79. The van der Waals surface area contributed by atoms with Crippen molar-refractivity contribution in [2.75, 3.05) is 12.4 Å². The van der Waals surface area contributed by atoms with E-state index >= 15 is 0 Å². The number of benzene rings is 2. The van der Waals surface area contributed by atoms with Crippen LogP contribution in [0.3, 0.4) is 0 Å². The smallest absolute Gasteiger partial charge is 0.335 e. The molecule has 0 heterocycles. The van der Waals surface area contributed by atoms with Crippen molar-refractivity contribution in [1.82, 2.24) is 0 Å². The van der Waals surface area contributed by atoms with Gasteiger partial charge in [0.15, 0.2) is 0 Å². The summed E-state index contributed by atoms with van der Waals surface area (Å²) < 4.78 is 5.57. The summed E-state index contributed by atoms with van der Waals surface area (Å²) in [4.78, 5) is 12.0. The van der Waals surface area contributed by atoms with Crippen molar-refractivity contribution in [2.24, 2.45) is 0 Å². The maximum absolute atomic E-state index is 10.7. The zero-order valence-electron chi connectivity index (χ0n) is 11.0. The van der Waals surface area contributed by atoms with Gasteiger partial charge in [0.05, 0.1) is 12.2 Å². The molecule has 3 nitrogen and oxygen atoms in total. The predicted molar refractivity (Wildman–Crippen MR) is 80.7 cm³/mol. The lowest BCUT2D eigenvalue weighted by Crippen LogP contribution is -2.00. The van der Waals surface area contributed by atoms with Crippen LogP contribution in [-0.2, 0) is 0 Å². The molecule has 0 bridgehead atoms. The van der Waals surface area contributed by atoms with E-state index in [2.05, 4.69) is 12.1 Å². The zero-order chi connectivity index (χ0) is 14.2. The SMILES string of the molecule is O=C(O)c1ccc(OCCCSc2ccccc2)cc1. The van der Waals surface area contributed by atoms with E-state index in [9.17, 15) is 4.79 Å². The van der Waals surface area contributed by atoms with Gasteiger partial charge >= 0.3 is 5.97 Å². The lowest BCUT2D eigenvalue weighted by molar-refractivity contribution is 0.0697. The Morgan fingerprint density at radius 2 is 1.75 bits per heavy atom. The average molecular weight is 288 g/mol. The first-order valence-electron chi connectivity index (χ1n) is 6.40. The van der Waals surface area contributed by atoms with Crippen LogP contribution in [0.5, 0.6) is 5.75 Å². The van der Waals surface area contributed by atoms with Gasteiger partial charge in [0, 0.05) is 10.6 Å². The van der Waals surface area contributed by atoms with Crippen LogP contribution in [0.2, 0.25) is 0 Å². The molecule has 0 fully saturated rings. The second-order valence-corrected chi connectivity index (χ2v) is 5.36. The lowest BCUT2D eigenvalue weighted by atomic mass is 10.2. The van der Waals surface area contributed by atoms with Crippen LogP contribution >= 0.6 is 11.8 Å². The molecule has 0 aliphatic heterocycles. The molecule has 2 aromatic rings. The standard InChI is InChI=1S/C16H16O3S/c17-16(18)13-7-9-14(10-8-13)19-11-4-12-20-15-5-2-1-3-6-15/h1-3,5-10H,4,11-12H2,(H,17,18). The second-order valence-electron chi connectivity index (χ2n) is 4.19. The Kier molecular flexibility index (Phi) is 5.50. The van der Waals surface area contributed by atoms with Gasteiger partial charge in [-0.15, -0.1) is 11.8 Å². The number of hydrogen-bond donors (Lipinski definition) is 1. The molecular formula is C16H16O3S. The van der Waals surface area contributed by atoms with Crippen molar-refractivity contribution in [3.63, 3.8) is 0 Å². The summed E-state index contributed by atoms with van der Waals surface area (Å²) in [6.07, 6.45) is 0.945. The first-order chi connectivity index (χ1) is 9.75. The van der Waals surface area contributed by atoms with E-state index in [1.165, 1.54) is 4.90 Å². The summed E-state index contributed by atoms with van der Waals surface area (Å²) in [6.45, 7) is 0.631. The van der Waals surface area contributed by atoms with Crippen molar-refractivity contribution in [2.45, 2.75) is 11.3 Å². The third-order valence-corrected chi connectivity index (χ3v) is 3.77. The first-order valence-corrected chi connectivity index (χ1v) is 7.38. The molecule has 1 N–H and O–H groups in total. The third kappa shape index (κ3) is 4.63. The van der Waals surface area contributed by atoms with Gasteiger partial charge in [0.25, 0.3) is 0 Å². The van der Waals surface area contributed by atoms with Gasteiger partial charge in [-0.1, -0.05) is 18.2 Å². The third-order valence-electron chi connectivity index (χ3n) is 2.67. The molecule has 0 amide bonds. The summed E-state index contributed by atoms with van der Waals surface area (Å²) in [6, 6.07) is 16.7. The van der Waals surface area contributed by atoms with Crippen LogP contribution in [0.15, 0.2) is 59.5 Å². The van der Waals surface area contributed by atoms with Crippen LogP contribution in [0.4, 0.5) is 0 Å². The molecule has 0 spiro atoms. The van der Waals surface area contributed by atoms with Crippen molar-refractivity contribution in [3.05, 3.63) is 60.2 Å². The van der Waals surface area contributed by atoms with Crippen molar-refractivity contribution >= 4 is 17.7 Å². The highest BCUT2D eigenvalue weighted by Gasteiger charge is 2.02. The Labute approximate surface area is 122 Å². The molecule has 0 saturated carbocycles. The zero-order valence-corrected chi connectivity index (χ0v) is 11.8. The van der Waals surface area contributed by atoms with Gasteiger partial charge in [-0.25, -0.2) is 4.79 Å². The maximum atomic E-state index is 10.7. The van der Waals surface area contributed by atoms with Crippen LogP contribution in [0.1, 0.15) is 16.8 Å². The summed E-state index contributed by atoms with van der Waals surface area (Å²) in [5.74, 6) is 0.785. The Morgan fingerprint density at radius 1 is 1.05 bits per heavy atom. The highest BCUT2D eigenvalue weighted by Crippen LogP contribution is 2.18. The van der Waals surface area contributed by atoms with E-state index in [-0.39, 0.29) is 5.56 Å². The lowest BCUT2D eigenvalue weighted by Gasteiger charge is -2.06. The molecule has 0 atom stereocenters. The Bertz CT molecular complexity index is 537. The molecule has 0 radical (unpaired) electrons. The molecule has 0 unspecified atom stereocenters. The summed E-state index contributed by atoms with van der Waals surface area (Å²) >= 11 is 1.80. The number of aromatic carboxylic acids is 1. The summed E-state index contributed by atoms with van der Waals surface area (Å²) in [7, 11) is 0. The predicted octanol–water partition coefficient (Wildman–Crippen LogP) is 3.95. The molecule has 104 valence electrons. The molecule has 20 heavy (non-hydrogen) atoms. The van der Waals surface area contributed by atoms with Crippen LogP contribution in [0, 0.1) is 0 Å². The normalized spacial score (nSPS) is 10.2. The number of hydrogen-bond acceptors (Lipinski definition) is 3. The van der Waals surface area contributed by atoms with Gasteiger partial charge in [-0.3, -0.25) is 0 Å². The minimum absolute atomic E-state index is 0.275. The number of carbonyl (C=O) groups is 1. The van der Waals surface area contributed by atoms with Crippen LogP contribution in [0.25, 0.3) is 0 Å². The van der Waals surface area contributed by atoms with Crippen LogP contribution in [-0.4, -0.2) is 23.4 Å². The second kappa shape index (κ2) is 7.60. The average Bonchev–Trinajstić information content (AvgIpc) is 2.48. The molecular weight excluding hydrogens is 272 g/mol. The van der Waals surface area contributed by atoms with Gasteiger partial charge in [0.1, 0.15) is 5.75 Å². The quantitative estimate of drug-likeness (QED) is 0.619. The number of ether oxygens (including phenoxy) is 1. The van der Waals surface area contributed by atoms with E-state index in [4.69, 9.17) is 9.84 Å². The van der Waals surface area contributed by atoms with Crippen molar-refractivity contribution < 1.29 is 14.6 Å². The van der Waals surface area contributed by atoms with Gasteiger partial charge in [0.2, 0.25) is 0 Å². The number of carboxylic acids is 1. The minimum atomic E-state index is -0.921. The first kappa shape index (κ1) is 14.5. The largest absolute Gasteiger partial charge is 0.494 e. The fraction of sp³-hybridized carbons (Fsp3) is 0.188. The fourth-order valence-electron chi connectivity index (χ4n) is 1.65. The summed E-state index contributed by atoms with van der Waals surface area (Å²) in [5.41, 5.74) is 0.275. The van der Waals surface area contributed by atoms with Crippen molar-refractivity contribution in [3.8, 4) is 5.75 Å². The maximum Gasteiger partial charge on any atom is 0.335 e. The van der Waals surface area contributed by atoms with Gasteiger partial charge in [-0.2, -0.15) is 0 Å². The van der Waals surface area contributed by atoms with E-state index < -0.39 is 5.97 Å². The molecule has 0 aromatic heterocycles. The van der Waals surface area contributed by atoms with E-state index in [1.54, 1.807) is 36.0 Å². The topological polar surface area (TPSA) is 46.5 Å². The Morgan fingerprint density at radius 3 is 2.40 bits per heavy atom. The van der Waals surface area contributed by atoms with E-state index in [0.717, 1.165) is 12.2 Å². The Balaban J connectivity index is 1.67. The molecule has 4 heteroatoms. The molecule has 2 aromatic carbocycles. The van der Waals surface area contributed by atoms with E-state index in [0.29, 0.717) is 12.4 Å². The monoisotopic (exact) mass is 288 g/mol. The number of rotatable bonds is 7. The highest BCUT2D eigenvalue weighted by atomic mass is 32.2. The molecule has 2 rings (SSSR count). The van der Waals surface area contributed by atoms with Crippen molar-refractivity contribution in [1.29, 1.82) is 0 Å². The van der Waals surface area contributed by atoms with Gasteiger partial charge < -0.3 is 9.84 Å². The van der Waals surface area contributed by atoms with Crippen LogP contribution < -0.4 is 4.74 Å².